The molecule has 0 bridgehead atoms. The van der Waals surface area contributed by atoms with E-state index in [4.69, 9.17) is 0 Å². The summed E-state index contributed by atoms with van der Waals surface area (Å²) in [5.41, 5.74) is 2.67. The molecule has 3 nitrogen and oxygen atoms in total. The molecule has 1 atom stereocenters. The summed E-state index contributed by atoms with van der Waals surface area (Å²) in [6.45, 7) is 3.03. The second-order valence-corrected chi connectivity index (χ2v) is 5.11. The number of hydrogen-bond acceptors (Lipinski definition) is 2. The van der Waals surface area contributed by atoms with Gasteiger partial charge in [-0.1, -0.05) is 18.6 Å². The minimum Gasteiger partial charge on any atom is -0.344 e. The Kier molecular flexibility index (Phi) is 3.34. The molecule has 2 heterocycles. The molecule has 0 amide bonds. The molecule has 1 saturated heterocycles. The molecule has 0 radical (unpaired) electrons. The lowest BCUT2D eigenvalue weighted by Gasteiger charge is -2.21. The van der Waals surface area contributed by atoms with Gasteiger partial charge in [0, 0.05) is 11.3 Å². The third-order valence-corrected chi connectivity index (χ3v) is 3.64. The van der Waals surface area contributed by atoms with Crippen LogP contribution in [0.2, 0.25) is 0 Å². The summed E-state index contributed by atoms with van der Waals surface area (Å²) in [7, 11) is 0. The smallest absolute Gasteiger partial charge is 0.124 e. The van der Waals surface area contributed by atoms with E-state index in [-0.39, 0.29) is 5.82 Å². The summed E-state index contributed by atoms with van der Waals surface area (Å²) in [5.74, 6) is 0.744. The number of halogens is 1. The van der Waals surface area contributed by atoms with Crippen molar-refractivity contribution in [3.63, 3.8) is 0 Å². The number of aryl methyl sites for hydroxylation is 1. The van der Waals surface area contributed by atoms with Gasteiger partial charge in [0.2, 0.25) is 0 Å². The summed E-state index contributed by atoms with van der Waals surface area (Å²) >= 11 is 0. The van der Waals surface area contributed by atoms with Gasteiger partial charge in [0.25, 0.3) is 0 Å². The van der Waals surface area contributed by atoms with Gasteiger partial charge in [-0.2, -0.15) is 0 Å². The number of nitrogens with one attached hydrogen (secondary N) is 2. The molecule has 1 unspecified atom stereocenters. The highest BCUT2D eigenvalue weighted by Crippen LogP contribution is 2.26. The predicted octanol–water partition coefficient (Wildman–Crippen LogP) is 3.34. The van der Waals surface area contributed by atoms with Crippen LogP contribution in [0.5, 0.6) is 0 Å². The van der Waals surface area contributed by atoms with Crippen LogP contribution < -0.4 is 5.32 Å². The molecule has 0 saturated carbocycles. The lowest BCUT2D eigenvalue weighted by Crippen LogP contribution is -2.27. The molecule has 2 aromatic rings. The first-order valence-electron chi connectivity index (χ1n) is 6.80. The van der Waals surface area contributed by atoms with Gasteiger partial charge in [-0.15, -0.1) is 0 Å². The predicted molar refractivity (Wildman–Crippen MR) is 73.3 cm³/mol. The summed E-state index contributed by atoms with van der Waals surface area (Å²) in [4.78, 5) is 8.00. The molecular formula is C15H18FN3. The second-order valence-electron chi connectivity index (χ2n) is 5.11. The third kappa shape index (κ3) is 2.54. The van der Waals surface area contributed by atoms with Crippen LogP contribution in [0.4, 0.5) is 4.39 Å². The quantitative estimate of drug-likeness (QED) is 0.868. The van der Waals surface area contributed by atoms with Gasteiger partial charge >= 0.3 is 0 Å². The zero-order valence-electron chi connectivity index (χ0n) is 11.0. The van der Waals surface area contributed by atoms with E-state index in [1.54, 1.807) is 6.07 Å². The van der Waals surface area contributed by atoms with Crippen molar-refractivity contribution in [2.45, 2.75) is 32.2 Å². The molecule has 100 valence electrons. The maximum Gasteiger partial charge on any atom is 0.124 e. The Hall–Kier alpha value is -1.68. The minimum absolute atomic E-state index is 0.225. The Labute approximate surface area is 112 Å². The van der Waals surface area contributed by atoms with Crippen molar-refractivity contribution in [3.05, 3.63) is 41.6 Å². The van der Waals surface area contributed by atoms with E-state index >= 15 is 0 Å². The SMILES string of the molecule is Cc1[nH]c(C2CCCCN2)nc1-c1cccc(F)c1. The fourth-order valence-corrected chi connectivity index (χ4v) is 2.65. The van der Waals surface area contributed by atoms with Gasteiger partial charge in [-0.3, -0.25) is 0 Å². The number of nitrogens with zero attached hydrogens (tertiary/aromatic N) is 1. The Morgan fingerprint density at radius 2 is 2.21 bits per heavy atom. The molecule has 19 heavy (non-hydrogen) atoms. The van der Waals surface area contributed by atoms with Gasteiger partial charge in [-0.25, -0.2) is 9.37 Å². The van der Waals surface area contributed by atoms with E-state index in [9.17, 15) is 4.39 Å². The highest BCUT2D eigenvalue weighted by molar-refractivity contribution is 5.61. The second kappa shape index (κ2) is 5.13. The monoisotopic (exact) mass is 259 g/mol. The number of benzene rings is 1. The molecule has 2 N–H and O–H groups in total. The molecule has 1 aliphatic heterocycles. The molecule has 0 spiro atoms. The van der Waals surface area contributed by atoms with Gasteiger partial charge in [0.1, 0.15) is 11.6 Å². The maximum absolute atomic E-state index is 13.3. The Morgan fingerprint density at radius 3 is 2.95 bits per heavy atom. The average Bonchev–Trinajstić information content (AvgIpc) is 2.82. The van der Waals surface area contributed by atoms with Crippen LogP contribution in [0, 0.1) is 12.7 Å². The van der Waals surface area contributed by atoms with Crippen molar-refractivity contribution >= 4 is 0 Å². The molecule has 1 fully saturated rings. The Morgan fingerprint density at radius 1 is 1.32 bits per heavy atom. The lowest BCUT2D eigenvalue weighted by molar-refractivity contribution is 0.399. The summed E-state index contributed by atoms with van der Waals surface area (Å²) in [6, 6.07) is 6.90. The average molecular weight is 259 g/mol. The van der Waals surface area contributed by atoms with E-state index in [0.717, 1.165) is 35.7 Å². The minimum atomic E-state index is -0.225. The number of aromatic amines is 1. The van der Waals surface area contributed by atoms with Crippen LogP contribution in [0.15, 0.2) is 24.3 Å². The van der Waals surface area contributed by atoms with E-state index in [1.165, 1.54) is 25.0 Å². The fourth-order valence-electron chi connectivity index (χ4n) is 2.65. The van der Waals surface area contributed by atoms with Crippen molar-refractivity contribution in [3.8, 4) is 11.3 Å². The largest absolute Gasteiger partial charge is 0.344 e. The fraction of sp³-hybridized carbons (Fsp3) is 0.400. The third-order valence-electron chi connectivity index (χ3n) is 3.64. The molecule has 1 aromatic heterocycles. The highest BCUT2D eigenvalue weighted by atomic mass is 19.1. The van der Waals surface area contributed by atoms with Gasteiger partial charge in [0.05, 0.1) is 11.7 Å². The van der Waals surface area contributed by atoms with Crippen LogP contribution in [0.25, 0.3) is 11.3 Å². The van der Waals surface area contributed by atoms with Crippen LogP contribution in [0.1, 0.15) is 36.8 Å². The number of imidazole rings is 1. The standard InChI is InChI=1S/C15H18FN3/c1-10-14(11-5-4-6-12(16)9-11)19-15(18-10)13-7-2-3-8-17-13/h4-6,9,13,17H,2-3,7-8H2,1H3,(H,18,19). The van der Waals surface area contributed by atoms with Crippen molar-refractivity contribution in [1.82, 2.24) is 15.3 Å². The molecule has 0 aliphatic carbocycles. The van der Waals surface area contributed by atoms with Crippen molar-refractivity contribution < 1.29 is 4.39 Å². The lowest BCUT2D eigenvalue weighted by atomic mass is 10.0. The first-order chi connectivity index (χ1) is 9.24. The number of piperidine rings is 1. The normalized spacial score (nSPS) is 19.6. The Balaban J connectivity index is 1.92. The van der Waals surface area contributed by atoms with Crippen molar-refractivity contribution in [1.29, 1.82) is 0 Å². The first-order valence-corrected chi connectivity index (χ1v) is 6.80. The zero-order chi connectivity index (χ0) is 13.2. The summed E-state index contributed by atoms with van der Waals surface area (Å²) in [6.07, 6.45) is 3.56. The number of hydrogen-bond donors (Lipinski definition) is 2. The van der Waals surface area contributed by atoms with Crippen LogP contribution >= 0.6 is 0 Å². The van der Waals surface area contributed by atoms with E-state index < -0.39 is 0 Å². The van der Waals surface area contributed by atoms with Crippen molar-refractivity contribution in [2.75, 3.05) is 6.54 Å². The number of aromatic nitrogens is 2. The molecule has 1 aromatic carbocycles. The van der Waals surface area contributed by atoms with Gasteiger partial charge in [-0.05, 0) is 38.4 Å². The Bertz CT molecular complexity index is 571. The van der Waals surface area contributed by atoms with Gasteiger partial charge in [0.15, 0.2) is 0 Å². The maximum atomic E-state index is 13.3. The van der Waals surface area contributed by atoms with Gasteiger partial charge < -0.3 is 10.3 Å². The highest BCUT2D eigenvalue weighted by Gasteiger charge is 2.19. The van der Waals surface area contributed by atoms with Crippen LogP contribution in [-0.2, 0) is 0 Å². The summed E-state index contributed by atoms with van der Waals surface area (Å²) in [5, 5.41) is 3.47. The van der Waals surface area contributed by atoms with E-state index in [1.807, 2.05) is 13.0 Å². The van der Waals surface area contributed by atoms with Crippen LogP contribution in [-0.4, -0.2) is 16.5 Å². The zero-order valence-corrected chi connectivity index (χ0v) is 11.0. The number of H-pyrrole nitrogens is 1. The molecule has 3 rings (SSSR count). The molecular weight excluding hydrogens is 241 g/mol. The number of rotatable bonds is 2. The summed E-state index contributed by atoms with van der Waals surface area (Å²) < 4.78 is 13.3. The van der Waals surface area contributed by atoms with E-state index in [0.29, 0.717) is 6.04 Å². The van der Waals surface area contributed by atoms with Crippen molar-refractivity contribution in [2.24, 2.45) is 0 Å². The molecule has 4 heteroatoms. The van der Waals surface area contributed by atoms with E-state index in [2.05, 4.69) is 15.3 Å². The molecule has 1 aliphatic rings. The first kappa shape index (κ1) is 12.4. The topological polar surface area (TPSA) is 40.7 Å². The van der Waals surface area contributed by atoms with Crippen LogP contribution in [0.3, 0.4) is 0 Å².